The second kappa shape index (κ2) is 5.12. The molecule has 1 saturated carbocycles. The van der Waals surface area contributed by atoms with Crippen LogP contribution in [0.15, 0.2) is 18.3 Å². The summed E-state index contributed by atoms with van der Waals surface area (Å²) < 4.78 is 2.30. The second-order valence-corrected chi connectivity index (χ2v) is 6.63. The number of aromatic nitrogens is 2. The minimum atomic E-state index is 0.441. The Kier molecular flexibility index (Phi) is 3.45. The molecule has 0 aromatic carbocycles. The maximum atomic E-state index is 4.85. The molecule has 1 fully saturated rings. The van der Waals surface area contributed by atoms with Gasteiger partial charge < -0.3 is 9.88 Å². The third-order valence-corrected chi connectivity index (χ3v) is 4.16. The molecular weight excluding hydrogens is 246 g/mol. The highest BCUT2D eigenvalue weighted by atomic mass is 15.1. The molecule has 0 spiro atoms. The van der Waals surface area contributed by atoms with Crippen molar-refractivity contribution in [3.05, 3.63) is 23.9 Å². The Balaban J connectivity index is 1.99. The average Bonchev–Trinajstić information content (AvgIpc) is 3.14. The molecule has 0 aliphatic heterocycles. The minimum Gasteiger partial charge on any atom is -0.370 e. The molecule has 1 aliphatic carbocycles. The van der Waals surface area contributed by atoms with Crippen molar-refractivity contribution in [2.45, 2.75) is 52.5 Å². The molecule has 3 heteroatoms. The highest BCUT2D eigenvalue weighted by Crippen LogP contribution is 2.31. The van der Waals surface area contributed by atoms with Gasteiger partial charge in [0, 0.05) is 24.2 Å². The number of fused-ring (bicyclic) bond motifs is 1. The predicted octanol–water partition coefficient (Wildman–Crippen LogP) is 4.56. The zero-order chi connectivity index (χ0) is 14.3. The first-order chi connectivity index (χ1) is 9.56. The molecule has 2 aromatic rings. The van der Waals surface area contributed by atoms with Crippen molar-refractivity contribution in [3.8, 4) is 0 Å². The number of hydrogen-bond donors (Lipinski definition) is 1. The lowest BCUT2D eigenvalue weighted by molar-refractivity contribution is 0.614. The summed E-state index contributed by atoms with van der Waals surface area (Å²) in [5, 5.41) is 4.78. The standard InChI is InChI=1S/C17H25N3/c1-11(2)15-10-20(12(3)4)17-14(15)7-8-16(19-17)18-9-13-5-6-13/h7-8,10-13H,5-6,9H2,1-4H3,(H,18,19). The molecular formula is C17H25N3. The summed E-state index contributed by atoms with van der Waals surface area (Å²) in [4.78, 5) is 4.85. The normalized spacial score (nSPS) is 15.5. The Bertz CT molecular complexity index is 606. The maximum Gasteiger partial charge on any atom is 0.142 e. The van der Waals surface area contributed by atoms with Gasteiger partial charge in [0.2, 0.25) is 0 Å². The number of anilines is 1. The van der Waals surface area contributed by atoms with Gasteiger partial charge in [-0.3, -0.25) is 0 Å². The van der Waals surface area contributed by atoms with Gasteiger partial charge in [-0.1, -0.05) is 13.8 Å². The lowest BCUT2D eigenvalue weighted by atomic mass is 10.0. The highest BCUT2D eigenvalue weighted by Gasteiger charge is 2.21. The largest absolute Gasteiger partial charge is 0.370 e. The summed E-state index contributed by atoms with van der Waals surface area (Å²) in [7, 11) is 0. The van der Waals surface area contributed by atoms with Crippen LogP contribution in [0.5, 0.6) is 0 Å². The van der Waals surface area contributed by atoms with Gasteiger partial charge in [-0.2, -0.15) is 0 Å². The molecule has 0 radical (unpaired) electrons. The molecule has 0 bridgehead atoms. The van der Waals surface area contributed by atoms with Gasteiger partial charge in [-0.25, -0.2) is 4.98 Å². The summed E-state index contributed by atoms with van der Waals surface area (Å²) in [5.74, 6) is 2.42. The molecule has 1 N–H and O–H groups in total. The van der Waals surface area contributed by atoms with Crippen molar-refractivity contribution in [1.29, 1.82) is 0 Å². The first-order valence-electron chi connectivity index (χ1n) is 7.81. The third-order valence-electron chi connectivity index (χ3n) is 4.16. The molecule has 20 heavy (non-hydrogen) atoms. The number of hydrogen-bond acceptors (Lipinski definition) is 2. The van der Waals surface area contributed by atoms with Crippen LogP contribution in [0, 0.1) is 5.92 Å². The van der Waals surface area contributed by atoms with Gasteiger partial charge in [0.05, 0.1) is 0 Å². The molecule has 0 amide bonds. The summed E-state index contributed by atoms with van der Waals surface area (Å²) in [5.41, 5.74) is 2.51. The van der Waals surface area contributed by atoms with Gasteiger partial charge in [0.1, 0.15) is 11.5 Å². The van der Waals surface area contributed by atoms with Crippen molar-refractivity contribution >= 4 is 16.9 Å². The van der Waals surface area contributed by atoms with E-state index in [1.54, 1.807) is 0 Å². The van der Waals surface area contributed by atoms with Gasteiger partial charge in [-0.15, -0.1) is 0 Å². The number of nitrogens with zero attached hydrogens (tertiary/aromatic N) is 2. The van der Waals surface area contributed by atoms with E-state index in [-0.39, 0.29) is 0 Å². The van der Waals surface area contributed by atoms with E-state index < -0.39 is 0 Å². The summed E-state index contributed by atoms with van der Waals surface area (Å²) in [6.07, 6.45) is 5.02. The lowest BCUT2D eigenvalue weighted by Gasteiger charge is -2.10. The second-order valence-electron chi connectivity index (χ2n) is 6.63. The fraction of sp³-hybridized carbons (Fsp3) is 0.588. The van der Waals surface area contributed by atoms with E-state index in [4.69, 9.17) is 4.98 Å². The molecule has 2 aromatic heterocycles. The van der Waals surface area contributed by atoms with Crippen LogP contribution in [0.2, 0.25) is 0 Å². The quantitative estimate of drug-likeness (QED) is 0.863. The van der Waals surface area contributed by atoms with Gasteiger partial charge in [-0.05, 0) is 56.2 Å². The van der Waals surface area contributed by atoms with E-state index in [2.05, 4.69) is 55.9 Å². The molecule has 3 nitrogen and oxygen atoms in total. The van der Waals surface area contributed by atoms with E-state index in [0.29, 0.717) is 12.0 Å². The fourth-order valence-corrected chi connectivity index (χ4v) is 2.67. The molecule has 0 unspecified atom stereocenters. The van der Waals surface area contributed by atoms with Crippen LogP contribution in [0.3, 0.4) is 0 Å². The monoisotopic (exact) mass is 271 g/mol. The van der Waals surface area contributed by atoms with Gasteiger partial charge in [0.15, 0.2) is 0 Å². The SMILES string of the molecule is CC(C)c1cn(C(C)C)c2nc(NCC3CC3)ccc12. The van der Waals surface area contributed by atoms with E-state index in [1.807, 2.05) is 0 Å². The van der Waals surface area contributed by atoms with Crippen LogP contribution in [-0.2, 0) is 0 Å². The topological polar surface area (TPSA) is 29.9 Å². The molecule has 1 aliphatic rings. The first-order valence-corrected chi connectivity index (χ1v) is 7.81. The third kappa shape index (κ3) is 2.54. The summed E-state index contributed by atoms with van der Waals surface area (Å²) in [6.45, 7) is 10.0. The number of pyridine rings is 1. The van der Waals surface area contributed by atoms with Crippen LogP contribution in [0.25, 0.3) is 11.0 Å². The number of rotatable bonds is 5. The minimum absolute atomic E-state index is 0.441. The number of nitrogens with one attached hydrogen (secondary N) is 1. The summed E-state index contributed by atoms with van der Waals surface area (Å²) >= 11 is 0. The molecule has 2 heterocycles. The Morgan fingerprint density at radius 3 is 2.60 bits per heavy atom. The van der Waals surface area contributed by atoms with Crippen molar-refractivity contribution < 1.29 is 0 Å². The van der Waals surface area contributed by atoms with Crippen molar-refractivity contribution in [1.82, 2.24) is 9.55 Å². The highest BCUT2D eigenvalue weighted by molar-refractivity contribution is 5.82. The Labute approximate surface area is 121 Å². The van der Waals surface area contributed by atoms with Gasteiger partial charge in [0.25, 0.3) is 0 Å². The zero-order valence-corrected chi connectivity index (χ0v) is 13.0. The van der Waals surface area contributed by atoms with Crippen LogP contribution >= 0.6 is 0 Å². The summed E-state index contributed by atoms with van der Waals surface area (Å²) in [6, 6.07) is 4.80. The molecule has 108 valence electrons. The van der Waals surface area contributed by atoms with Crippen LogP contribution in [0.1, 0.15) is 58.1 Å². The smallest absolute Gasteiger partial charge is 0.142 e. The fourth-order valence-electron chi connectivity index (χ4n) is 2.67. The molecule has 0 atom stereocenters. The molecule has 0 saturated heterocycles. The van der Waals surface area contributed by atoms with Gasteiger partial charge >= 0.3 is 0 Å². The van der Waals surface area contributed by atoms with Crippen LogP contribution in [0.4, 0.5) is 5.82 Å². The Morgan fingerprint density at radius 1 is 1.25 bits per heavy atom. The van der Waals surface area contributed by atoms with Crippen molar-refractivity contribution in [2.75, 3.05) is 11.9 Å². The predicted molar refractivity (Wildman–Crippen MR) is 85.4 cm³/mol. The van der Waals surface area contributed by atoms with E-state index in [0.717, 1.165) is 23.9 Å². The Hall–Kier alpha value is -1.51. The average molecular weight is 271 g/mol. The van der Waals surface area contributed by atoms with Crippen LogP contribution < -0.4 is 5.32 Å². The van der Waals surface area contributed by atoms with Crippen LogP contribution in [-0.4, -0.2) is 16.1 Å². The van der Waals surface area contributed by atoms with E-state index in [9.17, 15) is 0 Å². The lowest BCUT2D eigenvalue weighted by Crippen LogP contribution is -2.06. The first kappa shape index (κ1) is 13.5. The van der Waals surface area contributed by atoms with Crippen molar-refractivity contribution in [2.24, 2.45) is 5.92 Å². The Morgan fingerprint density at radius 2 is 2.00 bits per heavy atom. The van der Waals surface area contributed by atoms with E-state index in [1.165, 1.54) is 23.8 Å². The van der Waals surface area contributed by atoms with Crippen molar-refractivity contribution in [3.63, 3.8) is 0 Å². The zero-order valence-electron chi connectivity index (χ0n) is 13.0. The maximum absolute atomic E-state index is 4.85. The molecule has 3 rings (SSSR count). The van der Waals surface area contributed by atoms with E-state index >= 15 is 0 Å².